The van der Waals surface area contributed by atoms with Gasteiger partial charge in [0.2, 0.25) is 0 Å². The molecule has 0 saturated heterocycles. The summed E-state index contributed by atoms with van der Waals surface area (Å²) in [5.74, 6) is 0. The average Bonchev–Trinajstić information content (AvgIpc) is 3.00. The van der Waals surface area contributed by atoms with E-state index >= 15 is 0 Å². The second-order valence-electron chi connectivity index (χ2n) is 5.23. The first kappa shape index (κ1) is 12.5. The van der Waals surface area contributed by atoms with Gasteiger partial charge in [0.05, 0.1) is 10.5 Å². The number of allylic oxidation sites excluding steroid dienone is 2. The number of para-hydroxylation sites is 2. The lowest BCUT2D eigenvalue weighted by Gasteiger charge is -2.05. The summed E-state index contributed by atoms with van der Waals surface area (Å²) >= 11 is 6.49. The van der Waals surface area contributed by atoms with Crippen molar-refractivity contribution < 1.29 is 0 Å². The standard InChI is InChI=1S/C19H14ClN/c1-2-3-8-14-15-9-6-10-16(20)19(15)21-17-11-5-4-7-13(17)12-18(14)21/h2-11H,1,12H2/b8-3-. The highest BCUT2D eigenvalue weighted by molar-refractivity contribution is 6.35. The van der Waals surface area contributed by atoms with Crippen molar-refractivity contribution in [2.75, 3.05) is 0 Å². The number of fused-ring (bicyclic) bond motifs is 5. The molecule has 1 nitrogen and oxygen atoms in total. The van der Waals surface area contributed by atoms with Crippen LogP contribution in [0.25, 0.3) is 22.7 Å². The minimum absolute atomic E-state index is 0.795. The molecule has 0 saturated carbocycles. The number of aromatic nitrogens is 1. The van der Waals surface area contributed by atoms with E-state index in [1.54, 1.807) is 0 Å². The van der Waals surface area contributed by atoms with E-state index in [-0.39, 0.29) is 0 Å². The van der Waals surface area contributed by atoms with Crippen LogP contribution in [0.3, 0.4) is 0 Å². The van der Waals surface area contributed by atoms with Crippen LogP contribution in [0.15, 0.2) is 61.2 Å². The summed E-state index contributed by atoms with van der Waals surface area (Å²) in [5.41, 5.74) is 6.23. The number of halogens is 1. The highest BCUT2D eigenvalue weighted by atomic mass is 35.5. The fraction of sp³-hybridized carbons (Fsp3) is 0.0526. The lowest BCUT2D eigenvalue weighted by molar-refractivity contribution is 1.08. The van der Waals surface area contributed by atoms with Crippen LogP contribution in [0, 0.1) is 0 Å². The molecule has 0 atom stereocenters. The molecule has 1 aromatic heterocycles. The monoisotopic (exact) mass is 291 g/mol. The van der Waals surface area contributed by atoms with E-state index in [1.165, 1.54) is 27.9 Å². The Morgan fingerprint density at radius 2 is 1.95 bits per heavy atom. The van der Waals surface area contributed by atoms with Gasteiger partial charge in [-0.05, 0) is 17.7 Å². The van der Waals surface area contributed by atoms with E-state index in [0.29, 0.717) is 0 Å². The first-order valence-corrected chi connectivity index (χ1v) is 7.38. The molecular weight excluding hydrogens is 278 g/mol. The molecule has 4 rings (SSSR count). The van der Waals surface area contributed by atoms with E-state index in [9.17, 15) is 0 Å². The molecule has 0 radical (unpaired) electrons. The Hall–Kier alpha value is -2.25. The van der Waals surface area contributed by atoms with Crippen molar-refractivity contribution in [3.63, 3.8) is 0 Å². The zero-order valence-electron chi connectivity index (χ0n) is 11.5. The third-order valence-corrected chi connectivity index (χ3v) is 4.38. The van der Waals surface area contributed by atoms with E-state index in [0.717, 1.165) is 17.0 Å². The molecule has 0 amide bonds. The van der Waals surface area contributed by atoms with Crippen molar-refractivity contribution in [2.24, 2.45) is 0 Å². The molecule has 0 aliphatic carbocycles. The summed E-state index contributed by atoms with van der Waals surface area (Å²) in [5, 5.41) is 1.99. The Morgan fingerprint density at radius 3 is 2.81 bits per heavy atom. The zero-order valence-corrected chi connectivity index (χ0v) is 12.3. The highest BCUT2D eigenvalue weighted by Gasteiger charge is 2.25. The molecule has 0 N–H and O–H groups in total. The van der Waals surface area contributed by atoms with Crippen LogP contribution in [-0.4, -0.2) is 4.57 Å². The van der Waals surface area contributed by atoms with E-state index in [1.807, 2.05) is 24.3 Å². The van der Waals surface area contributed by atoms with Crippen molar-refractivity contribution in [3.8, 4) is 5.69 Å². The van der Waals surface area contributed by atoms with Crippen LogP contribution < -0.4 is 0 Å². The summed E-state index contributed by atoms with van der Waals surface area (Å²) in [6, 6.07) is 14.6. The molecule has 3 aromatic rings. The Morgan fingerprint density at radius 1 is 1.10 bits per heavy atom. The third-order valence-electron chi connectivity index (χ3n) is 4.07. The van der Waals surface area contributed by atoms with Gasteiger partial charge in [0.1, 0.15) is 0 Å². The molecule has 21 heavy (non-hydrogen) atoms. The predicted molar refractivity (Wildman–Crippen MR) is 90.3 cm³/mol. The van der Waals surface area contributed by atoms with E-state index in [4.69, 9.17) is 11.6 Å². The molecule has 0 bridgehead atoms. The number of benzene rings is 2. The minimum Gasteiger partial charge on any atom is -0.311 e. The number of hydrogen-bond donors (Lipinski definition) is 0. The first-order chi connectivity index (χ1) is 10.3. The molecule has 2 aromatic carbocycles. The van der Waals surface area contributed by atoms with Gasteiger partial charge < -0.3 is 4.57 Å². The maximum atomic E-state index is 6.49. The van der Waals surface area contributed by atoms with Crippen molar-refractivity contribution in [3.05, 3.63) is 83.0 Å². The Labute approximate surface area is 128 Å². The highest BCUT2D eigenvalue weighted by Crippen LogP contribution is 2.40. The molecule has 1 aliphatic rings. The summed E-state index contributed by atoms with van der Waals surface area (Å²) in [7, 11) is 0. The number of nitrogens with zero attached hydrogens (tertiary/aromatic N) is 1. The van der Waals surface area contributed by atoms with Gasteiger partial charge in [-0.25, -0.2) is 0 Å². The average molecular weight is 292 g/mol. The SMILES string of the molecule is C=C/C=C\c1c2n(c3c(Cl)cccc13)-c1ccccc1C2. The second-order valence-corrected chi connectivity index (χ2v) is 5.64. The fourth-order valence-corrected chi connectivity index (χ4v) is 3.48. The quantitative estimate of drug-likeness (QED) is 0.437. The van der Waals surface area contributed by atoms with Gasteiger partial charge in [-0.1, -0.05) is 66.7 Å². The summed E-state index contributed by atoms with van der Waals surface area (Å²) < 4.78 is 2.30. The van der Waals surface area contributed by atoms with Crippen LogP contribution in [0.1, 0.15) is 16.8 Å². The molecule has 102 valence electrons. The fourth-order valence-electron chi connectivity index (χ4n) is 3.22. The number of hydrogen-bond acceptors (Lipinski definition) is 0. The maximum absolute atomic E-state index is 6.49. The van der Waals surface area contributed by atoms with Gasteiger partial charge >= 0.3 is 0 Å². The van der Waals surface area contributed by atoms with E-state index < -0.39 is 0 Å². The largest absolute Gasteiger partial charge is 0.311 e. The molecule has 1 aliphatic heterocycles. The van der Waals surface area contributed by atoms with Crippen LogP contribution in [0.4, 0.5) is 0 Å². The van der Waals surface area contributed by atoms with Gasteiger partial charge in [-0.2, -0.15) is 0 Å². The molecule has 2 heterocycles. The van der Waals surface area contributed by atoms with Crippen molar-refractivity contribution in [2.45, 2.75) is 6.42 Å². The lowest BCUT2D eigenvalue weighted by atomic mass is 10.0. The normalized spacial score (nSPS) is 12.8. The summed E-state index contributed by atoms with van der Waals surface area (Å²) in [4.78, 5) is 0. The molecule has 0 spiro atoms. The van der Waals surface area contributed by atoms with Crippen molar-refractivity contribution >= 4 is 28.6 Å². The predicted octanol–water partition coefficient (Wildman–Crippen LogP) is 5.39. The van der Waals surface area contributed by atoms with Gasteiger partial charge in [0, 0.05) is 28.8 Å². The van der Waals surface area contributed by atoms with Gasteiger partial charge in [-0.15, -0.1) is 0 Å². The second kappa shape index (κ2) is 4.64. The smallest absolute Gasteiger partial charge is 0.0724 e. The topological polar surface area (TPSA) is 4.93 Å². The van der Waals surface area contributed by atoms with Crippen LogP contribution in [0.5, 0.6) is 0 Å². The molecule has 0 unspecified atom stereocenters. The number of rotatable bonds is 2. The van der Waals surface area contributed by atoms with Crippen molar-refractivity contribution in [1.82, 2.24) is 4.57 Å². The first-order valence-electron chi connectivity index (χ1n) is 7.00. The molecular formula is C19H14ClN. The van der Waals surface area contributed by atoms with Crippen molar-refractivity contribution in [1.29, 1.82) is 0 Å². The van der Waals surface area contributed by atoms with Gasteiger partial charge in [-0.3, -0.25) is 0 Å². The van der Waals surface area contributed by atoms with Gasteiger partial charge in [0.15, 0.2) is 0 Å². The molecule has 2 heteroatoms. The van der Waals surface area contributed by atoms with E-state index in [2.05, 4.69) is 47.6 Å². The zero-order chi connectivity index (χ0) is 14.4. The minimum atomic E-state index is 0.795. The Bertz CT molecular complexity index is 899. The van der Waals surface area contributed by atoms with Crippen LogP contribution in [-0.2, 0) is 6.42 Å². The molecule has 0 fully saturated rings. The summed E-state index contributed by atoms with van der Waals surface area (Å²) in [6.07, 6.45) is 6.86. The Kier molecular flexibility index (Phi) is 2.76. The Balaban J connectivity index is 2.14. The van der Waals surface area contributed by atoms with Gasteiger partial charge in [0.25, 0.3) is 0 Å². The van der Waals surface area contributed by atoms with Crippen LogP contribution >= 0.6 is 11.6 Å². The third kappa shape index (κ3) is 1.71. The van der Waals surface area contributed by atoms with Crippen LogP contribution in [0.2, 0.25) is 5.02 Å². The summed E-state index contributed by atoms with van der Waals surface area (Å²) in [6.45, 7) is 3.77. The maximum Gasteiger partial charge on any atom is 0.0724 e. The lowest BCUT2D eigenvalue weighted by Crippen LogP contribution is -1.91.